The highest BCUT2D eigenvalue weighted by Gasteiger charge is 2.32. The summed E-state index contributed by atoms with van der Waals surface area (Å²) in [6.45, 7) is 8.79. The van der Waals surface area contributed by atoms with Crippen molar-refractivity contribution in [3.63, 3.8) is 0 Å². The smallest absolute Gasteiger partial charge is 0.106 e. The van der Waals surface area contributed by atoms with Crippen molar-refractivity contribution in [1.29, 1.82) is 0 Å². The van der Waals surface area contributed by atoms with Crippen LogP contribution in [0.4, 0.5) is 0 Å². The summed E-state index contributed by atoms with van der Waals surface area (Å²) in [5.41, 5.74) is 1.69. The molecule has 0 aliphatic heterocycles. The summed E-state index contributed by atoms with van der Waals surface area (Å²) in [4.78, 5) is 4.30. The van der Waals surface area contributed by atoms with Gasteiger partial charge in [-0.3, -0.25) is 4.98 Å². The monoisotopic (exact) mass is 273 g/mol. The molecule has 0 spiro atoms. The van der Waals surface area contributed by atoms with E-state index in [1.807, 2.05) is 37.3 Å². The van der Waals surface area contributed by atoms with Crippen LogP contribution in [0.1, 0.15) is 39.4 Å². The van der Waals surface area contributed by atoms with Crippen LogP contribution in [0.2, 0.25) is 0 Å². The van der Waals surface area contributed by atoms with Gasteiger partial charge in [0.25, 0.3) is 0 Å². The third-order valence-corrected chi connectivity index (χ3v) is 3.46. The van der Waals surface area contributed by atoms with Gasteiger partial charge in [0.2, 0.25) is 0 Å². The minimum absolute atomic E-state index is 0.126. The fourth-order valence-corrected chi connectivity index (χ4v) is 2.45. The van der Waals surface area contributed by atoms with E-state index in [2.05, 4.69) is 25.8 Å². The van der Waals surface area contributed by atoms with Crippen LogP contribution in [0.3, 0.4) is 0 Å². The number of pyridine rings is 1. The Morgan fingerprint density at radius 2 is 2.00 bits per heavy atom. The van der Waals surface area contributed by atoms with Crippen LogP contribution >= 0.6 is 0 Å². The molecule has 2 unspecified atom stereocenters. The zero-order valence-corrected chi connectivity index (χ0v) is 12.6. The van der Waals surface area contributed by atoms with E-state index in [1.165, 1.54) is 0 Å². The molecule has 20 heavy (non-hydrogen) atoms. The maximum Gasteiger partial charge on any atom is 0.106 e. The molecule has 3 heteroatoms. The minimum atomic E-state index is -0.639. The lowest BCUT2D eigenvalue weighted by Crippen LogP contribution is -2.35. The zero-order chi connectivity index (χ0) is 14.8. The van der Waals surface area contributed by atoms with Crippen molar-refractivity contribution in [2.75, 3.05) is 6.61 Å². The molecule has 0 amide bonds. The number of benzene rings is 1. The number of rotatable bonds is 4. The van der Waals surface area contributed by atoms with Gasteiger partial charge in [-0.2, -0.15) is 0 Å². The molecular weight excluding hydrogens is 250 g/mol. The number of nitrogens with zero attached hydrogens (tertiary/aromatic N) is 1. The number of aliphatic hydroxyl groups excluding tert-OH is 1. The average molecular weight is 273 g/mol. The highest BCUT2D eigenvalue weighted by atomic mass is 16.5. The van der Waals surface area contributed by atoms with Crippen molar-refractivity contribution in [3.05, 3.63) is 42.1 Å². The van der Waals surface area contributed by atoms with Crippen LogP contribution in [0, 0.1) is 5.41 Å². The average Bonchev–Trinajstić information content (AvgIpc) is 2.42. The van der Waals surface area contributed by atoms with Crippen molar-refractivity contribution in [2.45, 2.75) is 39.9 Å². The predicted molar refractivity (Wildman–Crippen MR) is 81.6 cm³/mol. The number of aliphatic hydroxyl groups is 1. The molecule has 3 nitrogen and oxygen atoms in total. The lowest BCUT2D eigenvalue weighted by Gasteiger charge is -2.34. The summed E-state index contributed by atoms with van der Waals surface area (Å²) < 4.78 is 5.77. The number of hydrogen-bond donors (Lipinski definition) is 1. The molecule has 0 bridgehead atoms. The van der Waals surface area contributed by atoms with E-state index in [0.29, 0.717) is 6.61 Å². The van der Waals surface area contributed by atoms with E-state index < -0.39 is 6.10 Å². The number of aromatic nitrogens is 1. The van der Waals surface area contributed by atoms with E-state index in [9.17, 15) is 5.11 Å². The first-order valence-corrected chi connectivity index (χ1v) is 7.08. The fraction of sp³-hybridized carbons (Fsp3) is 0.471. The largest absolute Gasteiger partial charge is 0.386 e. The predicted octanol–water partition coefficient (Wildman–Crippen LogP) is 3.72. The first kappa shape index (κ1) is 14.9. The fourth-order valence-electron chi connectivity index (χ4n) is 2.45. The number of hydrogen-bond acceptors (Lipinski definition) is 3. The normalized spacial score (nSPS) is 15.2. The van der Waals surface area contributed by atoms with Crippen molar-refractivity contribution in [1.82, 2.24) is 4.98 Å². The Morgan fingerprint density at radius 1 is 1.25 bits per heavy atom. The Kier molecular flexibility index (Phi) is 4.41. The summed E-state index contributed by atoms with van der Waals surface area (Å²) in [6.07, 6.45) is 0.900. The van der Waals surface area contributed by atoms with E-state index in [0.717, 1.165) is 16.5 Å². The lowest BCUT2D eigenvalue weighted by molar-refractivity contribution is -0.0898. The second-order valence-electron chi connectivity index (χ2n) is 6.14. The van der Waals surface area contributed by atoms with Crippen molar-refractivity contribution < 1.29 is 9.84 Å². The molecule has 0 radical (unpaired) electrons. The molecule has 2 atom stereocenters. The van der Waals surface area contributed by atoms with Crippen molar-refractivity contribution in [2.24, 2.45) is 5.41 Å². The van der Waals surface area contributed by atoms with E-state index in [1.54, 1.807) is 6.20 Å². The Balaban J connectivity index is 2.35. The molecule has 1 N–H and O–H groups in total. The van der Waals surface area contributed by atoms with E-state index in [4.69, 9.17) is 4.74 Å². The molecule has 0 aliphatic rings. The second-order valence-corrected chi connectivity index (χ2v) is 6.14. The molecule has 1 heterocycles. The van der Waals surface area contributed by atoms with Crippen LogP contribution in [-0.2, 0) is 4.74 Å². The van der Waals surface area contributed by atoms with Gasteiger partial charge in [-0.15, -0.1) is 0 Å². The molecule has 2 aromatic rings. The second kappa shape index (κ2) is 5.90. The molecule has 0 aliphatic carbocycles. The maximum absolute atomic E-state index is 10.7. The quantitative estimate of drug-likeness (QED) is 0.923. The Labute approximate surface area is 120 Å². The third-order valence-electron chi connectivity index (χ3n) is 3.46. The number of fused-ring (bicyclic) bond motifs is 1. The first-order chi connectivity index (χ1) is 9.43. The third kappa shape index (κ3) is 3.17. The highest BCUT2D eigenvalue weighted by molar-refractivity contribution is 5.79. The van der Waals surface area contributed by atoms with Gasteiger partial charge >= 0.3 is 0 Å². The molecule has 1 aromatic carbocycles. The maximum atomic E-state index is 10.7. The molecule has 0 saturated carbocycles. The van der Waals surface area contributed by atoms with Gasteiger partial charge in [-0.25, -0.2) is 0 Å². The van der Waals surface area contributed by atoms with Gasteiger partial charge in [0, 0.05) is 18.2 Å². The SMILES string of the molecule is CCOC(C(O)c1ccc2ncccc2c1)C(C)(C)C. The van der Waals surface area contributed by atoms with Gasteiger partial charge in [0.05, 0.1) is 11.6 Å². The lowest BCUT2D eigenvalue weighted by atomic mass is 9.83. The standard InChI is InChI=1S/C17H23NO2/c1-5-20-16(17(2,3)4)15(19)13-8-9-14-12(11-13)7-6-10-18-14/h6-11,15-16,19H,5H2,1-4H3. The minimum Gasteiger partial charge on any atom is -0.386 e. The van der Waals surface area contributed by atoms with E-state index >= 15 is 0 Å². The van der Waals surface area contributed by atoms with E-state index in [-0.39, 0.29) is 11.5 Å². The molecule has 1 aromatic heterocycles. The summed E-state index contributed by atoms with van der Waals surface area (Å²) >= 11 is 0. The Morgan fingerprint density at radius 3 is 2.65 bits per heavy atom. The topological polar surface area (TPSA) is 42.4 Å². The van der Waals surface area contributed by atoms with Crippen molar-refractivity contribution >= 4 is 10.9 Å². The van der Waals surface area contributed by atoms with Crippen LogP contribution in [0.15, 0.2) is 36.5 Å². The Bertz CT molecular complexity index is 574. The van der Waals surface area contributed by atoms with Crippen LogP contribution in [0.5, 0.6) is 0 Å². The summed E-state index contributed by atoms with van der Waals surface area (Å²) in [5, 5.41) is 11.7. The Hall–Kier alpha value is -1.45. The van der Waals surface area contributed by atoms with Crippen LogP contribution < -0.4 is 0 Å². The van der Waals surface area contributed by atoms with Crippen LogP contribution in [-0.4, -0.2) is 22.8 Å². The summed E-state index contributed by atoms with van der Waals surface area (Å²) in [6, 6.07) is 9.77. The van der Waals surface area contributed by atoms with Crippen LogP contribution in [0.25, 0.3) is 10.9 Å². The van der Waals surface area contributed by atoms with Gasteiger partial charge < -0.3 is 9.84 Å². The van der Waals surface area contributed by atoms with Crippen molar-refractivity contribution in [3.8, 4) is 0 Å². The first-order valence-electron chi connectivity index (χ1n) is 7.08. The summed E-state index contributed by atoms with van der Waals surface area (Å²) in [7, 11) is 0. The van der Waals surface area contributed by atoms with Gasteiger partial charge in [0.1, 0.15) is 6.10 Å². The van der Waals surface area contributed by atoms with Gasteiger partial charge in [0.15, 0.2) is 0 Å². The molecule has 108 valence electrons. The summed E-state index contributed by atoms with van der Waals surface area (Å²) in [5.74, 6) is 0. The zero-order valence-electron chi connectivity index (χ0n) is 12.6. The molecule has 0 fully saturated rings. The van der Waals surface area contributed by atoms with Gasteiger partial charge in [-0.05, 0) is 36.1 Å². The molecular formula is C17H23NO2. The highest BCUT2D eigenvalue weighted by Crippen LogP contribution is 2.33. The molecule has 0 saturated heterocycles. The van der Waals surface area contributed by atoms with Gasteiger partial charge in [-0.1, -0.05) is 32.9 Å². The number of ether oxygens (including phenoxy) is 1. The molecule has 2 rings (SSSR count).